The number of hydrogen-bond acceptors (Lipinski definition) is 4. The van der Waals surface area contributed by atoms with Crippen LogP contribution in [0.25, 0.3) is 0 Å². The summed E-state index contributed by atoms with van der Waals surface area (Å²) in [5.41, 5.74) is 14.0. The molecule has 30 heavy (non-hydrogen) atoms. The molecule has 0 aromatic rings. The van der Waals surface area contributed by atoms with Gasteiger partial charge in [0.25, 0.3) is 0 Å². The Kier molecular flexibility index (Phi) is 7.52. The molecule has 0 spiro atoms. The number of likely N-dealkylation sites (tertiary alicyclic amines) is 2. The first kappa shape index (κ1) is 26.1. The van der Waals surface area contributed by atoms with Crippen molar-refractivity contribution in [1.82, 2.24) is 9.80 Å². The summed E-state index contributed by atoms with van der Waals surface area (Å²) < 4.78 is 0. The molecule has 0 radical (unpaired) electrons. The van der Waals surface area contributed by atoms with E-state index in [1.165, 1.54) is 38.5 Å². The van der Waals surface area contributed by atoms with Gasteiger partial charge in [0.1, 0.15) is 0 Å². The normalized spacial score (nSPS) is 28.0. The molecule has 2 aliphatic rings. The maximum Gasteiger partial charge on any atom is 0.0214 e. The van der Waals surface area contributed by atoms with E-state index in [2.05, 4.69) is 79.3 Å². The smallest absolute Gasteiger partial charge is 0.0214 e. The lowest BCUT2D eigenvalue weighted by atomic mass is 9.56. The number of hydrogen-bond donors (Lipinski definition) is 2. The van der Waals surface area contributed by atoms with Gasteiger partial charge in [0.2, 0.25) is 0 Å². The van der Waals surface area contributed by atoms with Gasteiger partial charge >= 0.3 is 0 Å². The average molecular weight is 423 g/mol. The van der Waals surface area contributed by atoms with Gasteiger partial charge in [-0.1, -0.05) is 12.8 Å². The molecule has 0 aromatic heterocycles. The highest BCUT2D eigenvalue weighted by molar-refractivity contribution is 5.11. The van der Waals surface area contributed by atoms with Crippen molar-refractivity contribution in [3.05, 3.63) is 0 Å². The van der Waals surface area contributed by atoms with E-state index in [1.807, 2.05) is 0 Å². The zero-order valence-electron chi connectivity index (χ0n) is 22.1. The molecule has 0 aromatic carbocycles. The Balaban J connectivity index is 2.41. The largest absolute Gasteiger partial charge is 0.330 e. The second-order valence-corrected chi connectivity index (χ2v) is 13.3. The minimum atomic E-state index is -0.111. The molecule has 0 amide bonds. The van der Waals surface area contributed by atoms with Gasteiger partial charge in [-0.05, 0) is 126 Å². The van der Waals surface area contributed by atoms with Gasteiger partial charge in [0, 0.05) is 27.7 Å². The predicted octanol–water partition coefficient (Wildman–Crippen LogP) is 5.00. The number of nitrogens with two attached hydrogens (primary N) is 2. The Labute approximate surface area is 188 Å². The Morgan fingerprint density at radius 2 is 1.00 bits per heavy atom. The van der Waals surface area contributed by atoms with Crippen LogP contribution in [-0.2, 0) is 0 Å². The molecule has 0 atom stereocenters. The molecule has 4 heteroatoms. The lowest BCUT2D eigenvalue weighted by Crippen LogP contribution is -2.69. The summed E-state index contributed by atoms with van der Waals surface area (Å²) in [5, 5.41) is 0. The summed E-state index contributed by atoms with van der Waals surface area (Å²) in [6.45, 7) is 20.1. The first-order valence-electron chi connectivity index (χ1n) is 12.5. The molecule has 4 nitrogen and oxygen atoms in total. The van der Waals surface area contributed by atoms with Crippen LogP contribution in [-0.4, -0.2) is 58.1 Å². The van der Waals surface area contributed by atoms with E-state index in [0.29, 0.717) is 11.8 Å². The molecule has 0 saturated carbocycles. The van der Waals surface area contributed by atoms with Crippen LogP contribution in [0.3, 0.4) is 0 Å². The first-order chi connectivity index (χ1) is 13.5. The summed E-state index contributed by atoms with van der Waals surface area (Å²) in [6, 6.07) is 0. The third-order valence-electron chi connectivity index (χ3n) is 9.45. The van der Waals surface area contributed by atoms with Gasteiger partial charge in [0.05, 0.1) is 0 Å². The maximum absolute atomic E-state index is 7.64. The van der Waals surface area contributed by atoms with Crippen LogP contribution >= 0.6 is 0 Å². The van der Waals surface area contributed by atoms with Gasteiger partial charge in [-0.2, -0.15) is 0 Å². The van der Waals surface area contributed by atoms with Gasteiger partial charge < -0.3 is 11.5 Å². The molecule has 0 unspecified atom stereocenters. The Bertz CT molecular complexity index is 500. The Morgan fingerprint density at radius 1 is 0.667 bits per heavy atom. The number of rotatable bonds is 7. The van der Waals surface area contributed by atoms with E-state index in [0.717, 1.165) is 19.4 Å². The number of unbranched alkanes of at least 4 members (excludes halogenated alkanes) is 2. The summed E-state index contributed by atoms with van der Waals surface area (Å²) in [5.74, 6) is 1.10. The van der Waals surface area contributed by atoms with Crippen molar-refractivity contribution in [3.8, 4) is 0 Å². The van der Waals surface area contributed by atoms with Crippen LogP contribution in [0, 0.1) is 11.8 Å². The fourth-order valence-corrected chi connectivity index (χ4v) is 7.00. The van der Waals surface area contributed by atoms with Crippen molar-refractivity contribution in [2.45, 2.75) is 134 Å². The molecule has 2 saturated heterocycles. The minimum Gasteiger partial charge on any atom is -0.330 e. The van der Waals surface area contributed by atoms with Crippen LogP contribution in [0.2, 0.25) is 0 Å². The first-order valence-corrected chi connectivity index (χ1v) is 12.5. The van der Waals surface area contributed by atoms with E-state index < -0.39 is 0 Å². The third kappa shape index (κ3) is 5.08. The van der Waals surface area contributed by atoms with Crippen LogP contribution < -0.4 is 11.5 Å². The number of nitrogens with zero attached hydrogens (tertiary/aromatic N) is 2. The second kappa shape index (κ2) is 8.65. The van der Waals surface area contributed by atoms with Gasteiger partial charge in [-0.3, -0.25) is 9.80 Å². The van der Waals surface area contributed by atoms with Crippen molar-refractivity contribution in [2.75, 3.05) is 20.6 Å². The standard InChI is InChI=1S/C26H54N4/c1-22(2)16-20(17-23(3,4)29(22)9)26(28,14-12-11-13-15-27)21-18-24(5,6)30(10)25(7,8)19-21/h20-21H,11-19,27-28H2,1-10H3. The highest BCUT2D eigenvalue weighted by Crippen LogP contribution is 2.52. The zero-order valence-corrected chi connectivity index (χ0v) is 22.1. The van der Waals surface area contributed by atoms with E-state index >= 15 is 0 Å². The van der Waals surface area contributed by atoms with Crippen molar-refractivity contribution in [2.24, 2.45) is 23.3 Å². The fourth-order valence-electron chi connectivity index (χ4n) is 7.00. The Morgan fingerprint density at radius 3 is 1.30 bits per heavy atom. The SMILES string of the molecule is CN1C(C)(C)CC(C(N)(CCCCCN)C2CC(C)(C)N(C)C(C)(C)C2)CC1(C)C. The van der Waals surface area contributed by atoms with Crippen LogP contribution in [0.1, 0.15) is 107 Å². The molecule has 2 fully saturated rings. The summed E-state index contributed by atoms with van der Waals surface area (Å²) in [6.07, 6.45) is 9.41. The molecule has 2 heterocycles. The number of piperidine rings is 2. The van der Waals surface area contributed by atoms with Crippen molar-refractivity contribution in [1.29, 1.82) is 0 Å². The second-order valence-electron chi connectivity index (χ2n) is 13.3. The van der Waals surface area contributed by atoms with Crippen molar-refractivity contribution >= 4 is 0 Å². The maximum atomic E-state index is 7.64. The summed E-state index contributed by atoms with van der Waals surface area (Å²) in [7, 11) is 4.61. The molecule has 2 aliphatic heterocycles. The minimum absolute atomic E-state index is 0.111. The van der Waals surface area contributed by atoms with Gasteiger partial charge in [-0.25, -0.2) is 0 Å². The van der Waals surface area contributed by atoms with E-state index in [-0.39, 0.29) is 27.7 Å². The van der Waals surface area contributed by atoms with E-state index in [1.54, 1.807) is 0 Å². The van der Waals surface area contributed by atoms with Crippen molar-refractivity contribution in [3.63, 3.8) is 0 Å². The highest BCUT2D eigenvalue weighted by atomic mass is 15.2. The van der Waals surface area contributed by atoms with Gasteiger partial charge in [-0.15, -0.1) is 0 Å². The molecular weight excluding hydrogens is 368 g/mol. The lowest BCUT2D eigenvalue weighted by Gasteiger charge is -2.62. The topological polar surface area (TPSA) is 58.5 Å². The summed E-state index contributed by atoms with van der Waals surface area (Å²) in [4.78, 5) is 5.18. The quantitative estimate of drug-likeness (QED) is 0.567. The van der Waals surface area contributed by atoms with Crippen LogP contribution in [0.4, 0.5) is 0 Å². The highest BCUT2D eigenvalue weighted by Gasteiger charge is 2.55. The van der Waals surface area contributed by atoms with E-state index in [4.69, 9.17) is 11.5 Å². The Hall–Kier alpha value is -0.160. The molecule has 0 aliphatic carbocycles. The lowest BCUT2D eigenvalue weighted by molar-refractivity contribution is -0.0937. The summed E-state index contributed by atoms with van der Waals surface area (Å²) >= 11 is 0. The predicted molar refractivity (Wildman–Crippen MR) is 132 cm³/mol. The van der Waals surface area contributed by atoms with Gasteiger partial charge in [0.15, 0.2) is 0 Å². The third-order valence-corrected chi connectivity index (χ3v) is 9.45. The molecule has 178 valence electrons. The van der Waals surface area contributed by atoms with Crippen molar-refractivity contribution < 1.29 is 0 Å². The molecule has 4 N–H and O–H groups in total. The molecular formula is C26H54N4. The monoisotopic (exact) mass is 422 g/mol. The zero-order chi connectivity index (χ0) is 23.2. The van der Waals surface area contributed by atoms with E-state index in [9.17, 15) is 0 Å². The fraction of sp³-hybridized carbons (Fsp3) is 1.00. The molecule has 2 rings (SSSR count). The van der Waals surface area contributed by atoms with Crippen LogP contribution in [0.15, 0.2) is 0 Å². The average Bonchev–Trinajstić information content (AvgIpc) is 2.60. The molecule has 0 bridgehead atoms. The van der Waals surface area contributed by atoms with Crippen LogP contribution in [0.5, 0.6) is 0 Å².